The van der Waals surface area contributed by atoms with Crippen molar-refractivity contribution in [1.82, 2.24) is 19.1 Å². The van der Waals surface area contributed by atoms with Gasteiger partial charge in [0.05, 0.1) is 12.4 Å². The maximum atomic E-state index is 13.1. The van der Waals surface area contributed by atoms with Crippen molar-refractivity contribution in [2.75, 3.05) is 30.8 Å². The van der Waals surface area contributed by atoms with Crippen LogP contribution in [0, 0.1) is 0 Å². The molecule has 1 amide bonds. The molecule has 2 heterocycles. The molecular weight excluding hydrogens is 426 g/mol. The third-order valence-corrected chi connectivity index (χ3v) is 7.90. The molecule has 9 nitrogen and oxygen atoms in total. The minimum atomic E-state index is -3.68. The molecule has 2 aromatic rings. The zero-order valence-electron chi connectivity index (χ0n) is 16.8. The van der Waals surface area contributed by atoms with Gasteiger partial charge in [-0.05, 0) is 50.8 Å². The van der Waals surface area contributed by atoms with Gasteiger partial charge in [-0.3, -0.25) is 4.79 Å². The van der Waals surface area contributed by atoms with E-state index in [4.69, 9.17) is 4.74 Å². The van der Waals surface area contributed by atoms with Gasteiger partial charge >= 0.3 is 0 Å². The van der Waals surface area contributed by atoms with E-state index in [1.54, 1.807) is 25.4 Å². The van der Waals surface area contributed by atoms with E-state index in [9.17, 15) is 13.2 Å². The predicted molar refractivity (Wildman–Crippen MR) is 113 cm³/mol. The van der Waals surface area contributed by atoms with E-state index >= 15 is 0 Å². The molecule has 1 N–H and O–H groups in total. The first-order valence-electron chi connectivity index (χ1n) is 10.1. The van der Waals surface area contributed by atoms with Crippen LogP contribution in [-0.2, 0) is 14.8 Å². The number of carbonyl (C=O) groups is 1. The van der Waals surface area contributed by atoms with Crippen LogP contribution in [0.3, 0.4) is 0 Å². The van der Waals surface area contributed by atoms with Gasteiger partial charge in [0.2, 0.25) is 15.9 Å². The van der Waals surface area contributed by atoms with E-state index in [0.717, 1.165) is 30.8 Å². The molecule has 0 unspecified atom stereocenters. The smallest absolute Gasteiger partial charge is 0.246 e. The summed E-state index contributed by atoms with van der Waals surface area (Å²) in [7, 11) is -3.68. The SMILES string of the molecule is CCOc1ccc(NC(=O)CSc2nncn2C2CC2)cc1S(=O)(=O)N1CCCC1. The first-order valence-corrected chi connectivity index (χ1v) is 12.5. The van der Waals surface area contributed by atoms with Crippen molar-refractivity contribution in [3.63, 3.8) is 0 Å². The number of thioether (sulfide) groups is 1. The summed E-state index contributed by atoms with van der Waals surface area (Å²) >= 11 is 1.32. The number of hydrogen-bond acceptors (Lipinski definition) is 7. The van der Waals surface area contributed by atoms with E-state index in [-0.39, 0.29) is 16.6 Å². The van der Waals surface area contributed by atoms with Crippen molar-refractivity contribution >= 4 is 33.4 Å². The van der Waals surface area contributed by atoms with Gasteiger partial charge < -0.3 is 14.6 Å². The Morgan fingerprint density at radius 3 is 2.77 bits per heavy atom. The zero-order valence-corrected chi connectivity index (χ0v) is 18.4. The van der Waals surface area contributed by atoms with Crippen molar-refractivity contribution in [2.45, 2.75) is 48.7 Å². The average molecular weight is 452 g/mol. The third-order valence-electron chi connectivity index (χ3n) is 5.02. The highest BCUT2D eigenvalue weighted by molar-refractivity contribution is 7.99. The van der Waals surface area contributed by atoms with Crippen LogP contribution >= 0.6 is 11.8 Å². The normalized spacial score (nSPS) is 17.2. The van der Waals surface area contributed by atoms with Gasteiger partial charge in [0, 0.05) is 24.8 Å². The second kappa shape index (κ2) is 8.94. The number of ether oxygens (including phenoxy) is 1. The van der Waals surface area contributed by atoms with Gasteiger partial charge in [0.15, 0.2) is 5.16 Å². The molecule has 1 saturated heterocycles. The summed E-state index contributed by atoms with van der Waals surface area (Å²) in [4.78, 5) is 12.5. The fraction of sp³-hybridized carbons (Fsp3) is 0.526. The van der Waals surface area contributed by atoms with Gasteiger partial charge in [-0.15, -0.1) is 10.2 Å². The Morgan fingerprint density at radius 1 is 1.30 bits per heavy atom. The Bertz CT molecular complexity index is 1010. The number of rotatable bonds is 9. The monoisotopic (exact) mass is 451 g/mol. The molecule has 2 aliphatic rings. The van der Waals surface area contributed by atoms with Crippen LogP contribution in [0.5, 0.6) is 5.75 Å². The molecule has 1 aliphatic heterocycles. The van der Waals surface area contributed by atoms with E-state index in [2.05, 4.69) is 15.5 Å². The van der Waals surface area contributed by atoms with Gasteiger partial charge in [0.25, 0.3) is 0 Å². The van der Waals surface area contributed by atoms with E-state index < -0.39 is 10.0 Å². The molecule has 0 atom stereocenters. The van der Waals surface area contributed by atoms with Gasteiger partial charge in [0.1, 0.15) is 17.0 Å². The second-order valence-electron chi connectivity index (χ2n) is 7.29. The largest absolute Gasteiger partial charge is 0.492 e. The van der Waals surface area contributed by atoms with Crippen molar-refractivity contribution in [3.8, 4) is 5.75 Å². The van der Waals surface area contributed by atoms with E-state index in [1.165, 1.54) is 22.1 Å². The van der Waals surface area contributed by atoms with Crippen LogP contribution in [0.1, 0.15) is 38.6 Å². The molecular formula is C19H25N5O4S2. The summed E-state index contributed by atoms with van der Waals surface area (Å²) in [5.74, 6) is 0.223. The predicted octanol–water partition coefficient (Wildman–Crippen LogP) is 2.53. The van der Waals surface area contributed by atoms with Crippen molar-refractivity contribution in [3.05, 3.63) is 24.5 Å². The van der Waals surface area contributed by atoms with Crippen LogP contribution in [0.4, 0.5) is 5.69 Å². The lowest BCUT2D eigenvalue weighted by Gasteiger charge is -2.19. The standard InChI is InChI=1S/C19H25N5O4S2/c1-2-28-16-8-5-14(11-17(16)30(26,27)23-9-3-4-10-23)21-18(25)12-29-19-22-20-13-24(19)15-6-7-15/h5,8,11,13,15H,2-4,6-7,9-10,12H2,1H3,(H,21,25). The van der Waals surface area contributed by atoms with Gasteiger partial charge in [-0.1, -0.05) is 11.8 Å². The number of sulfonamides is 1. The van der Waals surface area contributed by atoms with Crippen LogP contribution < -0.4 is 10.1 Å². The molecule has 1 saturated carbocycles. The summed E-state index contributed by atoms with van der Waals surface area (Å²) in [5.41, 5.74) is 0.422. The topological polar surface area (TPSA) is 106 Å². The Kier molecular flexibility index (Phi) is 6.30. The van der Waals surface area contributed by atoms with Gasteiger partial charge in [-0.2, -0.15) is 4.31 Å². The number of carbonyl (C=O) groups excluding carboxylic acids is 1. The number of amides is 1. The van der Waals surface area contributed by atoms with Crippen molar-refractivity contribution in [2.24, 2.45) is 0 Å². The van der Waals surface area contributed by atoms with Gasteiger partial charge in [-0.25, -0.2) is 8.42 Å². The summed E-state index contributed by atoms with van der Waals surface area (Å²) in [6.45, 7) is 3.16. The minimum absolute atomic E-state index is 0.0881. The lowest BCUT2D eigenvalue weighted by Crippen LogP contribution is -2.28. The van der Waals surface area contributed by atoms with Crippen molar-refractivity contribution < 1.29 is 17.9 Å². The van der Waals surface area contributed by atoms with Crippen LogP contribution in [-0.4, -0.2) is 58.8 Å². The molecule has 1 aromatic carbocycles. The second-order valence-corrected chi connectivity index (χ2v) is 10.1. The summed E-state index contributed by atoms with van der Waals surface area (Å²) in [5, 5.41) is 11.5. The fourth-order valence-corrected chi connectivity index (χ4v) is 5.85. The molecule has 11 heteroatoms. The quantitative estimate of drug-likeness (QED) is 0.584. The maximum absolute atomic E-state index is 13.1. The molecule has 1 aliphatic carbocycles. The molecule has 2 fully saturated rings. The highest BCUT2D eigenvalue weighted by Crippen LogP contribution is 2.37. The lowest BCUT2D eigenvalue weighted by atomic mass is 10.3. The number of nitrogens with one attached hydrogen (secondary N) is 1. The number of benzene rings is 1. The first-order chi connectivity index (χ1) is 14.5. The van der Waals surface area contributed by atoms with E-state index in [0.29, 0.717) is 37.2 Å². The minimum Gasteiger partial charge on any atom is -0.492 e. The van der Waals surface area contributed by atoms with Crippen molar-refractivity contribution in [1.29, 1.82) is 0 Å². The van der Waals surface area contributed by atoms with Crippen LogP contribution in [0.25, 0.3) is 0 Å². The number of aromatic nitrogens is 3. The Morgan fingerprint density at radius 2 is 2.07 bits per heavy atom. The van der Waals surface area contributed by atoms with Crippen LogP contribution in [0.2, 0.25) is 0 Å². The Labute approximate surface area is 180 Å². The fourth-order valence-electron chi connectivity index (χ4n) is 3.40. The molecule has 162 valence electrons. The number of anilines is 1. The van der Waals surface area contributed by atoms with Crippen LogP contribution in [0.15, 0.2) is 34.6 Å². The summed E-state index contributed by atoms with van der Waals surface area (Å²) < 4.78 is 35.1. The summed E-state index contributed by atoms with van der Waals surface area (Å²) in [6, 6.07) is 5.17. The zero-order chi connectivity index (χ0) is 21.1. The molecule has 0 radical (unpaired) electrons. The summed E-state index contributed by atoms with van der Waals surface area (Å²) in [6.07, 6.45) is 5.61. The lowest BCUT2D eigenvalue weighted by molar-refractivity contribution is -0.113. The highest BCUT2D eigenvalue weighted by atomic mass is 32.2. The Balaban J connectivity index is 1.47. The highest BCUT2D eigenvalue weighted by Gasteiger charge is 2.30. The van der Waals surface area contributed by atoms with E-state index in [1.807, 2.05) is 4.57 Å². The maximum Gasteiger partial charge on any atom is 0.246 e. The first kappa shape index (κ1) is 21.1. The Hall–Kier alpha value is -2.11. The third kappa shape index (κ3) is 4.62. The number of hydrogen-bond donors (Lipinski definition) is 1. The molecule has 0 spiro atoms. The molecule has 1 aromatic heterocycles. The number of nitrogens with zero attached hydrogens (tertiary/aromatic N) is 4. The molecule has 30 heavy (non-hydrogen) atoms. The molecule has 4 rings (SSSR count). The molecule has 0 bridgehead atoms. The average Bonchev–Trinajstić information content (AvgIpc) is 3.21.